The molecule has 3 aromatic rings. The first-order chi connectivity index (χ1) is 14.8. The highest BCUT2D eigenvalue weighted by atomic mass is 16.1. The monoisotopic (exact) mass is 393 g/mol. The molecule has 0 amide bonds. The van der Waals surface area contributed by atoms with Crippen LogP contribution < -0.4 is 0 Å². The largest absolute Gasteiger partial charge is 0.289 e. The van der Waals surface area contributed by atoms with Gasteiger partial charge in [0.15, 0.2) is 5.78 Å². The summed E-state index contributed by atoms with van der Waals surface area (Å²) in [5, 5.41) is 0. The number of ketones is 1. The van der Waals surface area contributed by atoms with E-state index in [2.05, 4.69) is 39.1 Å². The maximum atomic E-state index is 13.6. The Labute approximate surface area is 176 Å². The third-order valence-corrected chi connectivity index (χ3v) is 5.98. The first-order valence-electron chi connectivity index (χ1n) is 10.4. The summed E-state index contributed by atoms with van der Waals surface area (Å²) in [6.07, 6.45) is 13.2. The minimum atomic E-state index is 0.133. The molecule has 0 N–H and O–H groups in total. The molecule has 5 rings (SSSR count). The van der Waals surface area contributed by atoms with Gasteiger partial charge in [-0.15, -0.1) is 0 Å². The van der Waals surface area contributed by atoms with E-state index < -0.39 is 0 Å². The number of carbonyl (C=O) groups is 1. The first kappa shape index (κ1) is 18.6. The number of hydrogen-bond donors (Lipinski definition) is 0. The van der Waals surface area contributed by atoms with Crippen LogP contribution in [0.4, 0.5) is 0 Å². The molecule has 2 unspecified atom stereocenters. The molecule has 2 aliphatic heterocycles. The summed E-state index contributed by atoms with van der Waals surface area (Å²) in [7, 11) is 0. The molecule has 2 bridgehead atoms. The van der Waals surface area contributed by atoms with Crippen LogP contribution in [0.1, 0.15) is 29.5 Å². The summed E-state index contributed by atoms with van der Waals surface area (Å²) in [5.41, 5.74) is 4.93. The fraction of sp³-hybridized carbons (Fsp3) is 0.192. The Balaban J connectivity index is 1.58. The predicted molar refractivity (Wildman–Crippen MR) is 118 cm³/mol. The van der Waals surface area contributed by atoms with Gasteiger partial charge < -0.3 is 0 Å². The van der Waals surface area contributed by atoms with E-state index in [0.717, 1.165) is 41.7 Å². The molecular formula is C26H23N3O. The Morgan fingerprint density at radius 3 is 1.87 bits per heavy atom. The van der Waals surface area contributed by atoms with Crippen molar-refractivity contribution in [2.45, 2.75) is 31.5 Å². The van der Waals surface area contributed by atoms with Gasteiger partial charge in [-0.1, -0.05) is 42.5 Å². The fourth-order valence-electron chi connectivity index (χ4n) is 4.62. The minimum absolute atomic E-state index is 0.133. The van der Waals surface area contributed by atoms with Crippen LogP contribution in [-0.4, -0.2) is 32.7 Å². The molecule has 4 heterocycles. The molecule has 2 aromatic heterocycles. The van der Waals surface area contributed by atoms with Gasteiger partial charge in [0.2, 0.25) is 0 Å². The molecule has 0 spiro atoms. The van der Waals surface area contributed by atoms with Gasteiger partial charge in [0.05, 0.1) is 0 Å². The molecule has 0 saturated carbocycles. The minimum Gasteiger partial charge on any atom is -0.289 e. The highest BCUT2D eigenvalue weighted by molar-refractivity contribution is 6.16. The van der Waals surface area contributed by atoms with Crippen LogP contribution in [0, 0.1) is 0 Å². The molecular weight excluding hydrogens is 370 g/mol. The van der Waals surface area contributed by atoms with Crippen molar-refractivity contribution in [1.29, 1.82) is 0 Å². The number of piperidine rings is 1. The van der Waals surface area contributed by atoms with Gasteiger partial charge in [-0.25, -0.2) is 0 Å². The third kappa shape index (κ3) is 3.62. The summed E-state index contributed by atoms with van der Waals surface area (Å²) in [5.74, 6) is 0.152. The number of benzene rings is 1. The maximum absolute atomic E-state index is 13.6. The van der Waals surface area contributed by atoms with Gasteiger partial charge >= 0.3 is 0 Å². The highest BCUT2D eigenvalue weighted by Crippen LogP contribution is 2.42. The number of fused-ring (bicyclic) bond motifs is 2. The molecule has 2 aliphatic rings. The summed E-state index contributed by atoms with van der Waals surface area (Å²) >= 11 is 0. The zero-order valence-electron chi connectivity index (χ0n) is 16.7. The molecule has 1 aromatic carbocycles. The second-order valence-corrected chi connectivity index (χ2v) is 7.87. The lowest BCUT2D eigenvalue weighted by atomic mass is 9.88. The Bertz CT molecular complexity index is 1020. The van der Waals surface area contributed by atoms with E-state index in [0.29, 0.717) is 0 Å². The number of nitrogens with zero attached hydrogens (tertiary/aromatic N) is 3. The summed E-state index contributed by atoms with van der Waals surface area (Å²) in [4.78, 5) is 24.5. The van der Waals surface area contributed by atoms with Crippen molar-refractivity contribution < 1.29 is 4.79 Å². The van der Waals surface area contributed by atoms with Crippen molar-refractivity contribution in [1.82, 2.24) is 14.9 Å². The van der Waals surface area contributed by atoms with Gasteiger partial charge in [-0.05, 0) is 53.8 Å². The molecule has 2 saturated heterocycles. The van der Waals surface area contributed by atoms with Crippen LogP contribution in [-0.2, 0) is 11.3 Å². The molecule has 0 aliphatic carbocycles. The summed E-state index contributed by atoms with van der Waals surface area (Å²) in [6, 6.07) is 18.6. The SMILES string of the molecule is O=C1/C(=C/c2cccnc2)C2CCC(/C1=C\c1cccnc1)N2Cc1ccccc1. The lowest BCUT2D eigenvalue weighted by molar-refractivity contribution is -0.114. The summed E-state index contributed by atoms with van der Waals surface area (Å²) in [6.45, 7) is 0.832. The lowest BCUT2D eigenvalue weighted by Crippen LogP contribution is -2.45. The average molecular weight is 393 g/mol. The number of carbonyl (C=O) groups excluding carboxylic acids is 1. The Kier molecular flexibility index (Phi) is 5.08. The molecule has 148 valence electrons. The highest BCUT2D eigenvalue weighted by Gasteiger charge is 2.46. The standard InChI is InChI=1S/C26H23N3O/c30-26-22(14-20-8-4-12-27-16-20)24-10-11-25(23(26)15-21-9-5-13-28-17-21)29(24)18-19-6-2-1-3-7-19/h1-9,12-17,24-25H,10-11,18H2/b22-14+,23-15+. The third-order valence-electron chi connectivity index (χ3n) is 5.98. The number of Topliss-reactive ketones (excluding diaryl/α,β-unsaturated/α-hetero) is 1. The van der Waals surface area contributed by atoms with Gasteiger partial charge in [-0.2, -0.15) is 0 Å². The van der Waals surface area contributed by atoms with Crippen LogP contribution in [0.3, 0.4) is 0 Å². The van der Waals surface area contributed by atoms with Crippen molar-refractivity contribution in [3.8, 4) is 0 Å². The zero-order valence-corrected chi connectivity index (χ0v) is 16.7. The van der Waals surface area contributed by atoms with E-state index in [1.165, 1.54) is 5.56 Å². The molecule has 30 heavy (non-hydrogen) atoms. The van der Waals surface area contributed by atoms with Crippen LogP contribution in [0.2, 0.25) is 0 Å². The number of rotatable bonds is 4. The normalized spacial score (nSPS) is 23.9. The van der Waals surface area contributed by atoms with Crippen LogP contribution in [0.5, 0.6) is 0 Å². The van der Waals surface area contributed by atoms with Gasteiger partial charge in [0, 0.05) is 54.6 Å². The second-order valence-electron chi connectivity index (χ2n) is 7.87. The van der Waals surface area contributed by atoms with Gasteiger partial charge in [0.25, 0.3) is 0 Å². The fourth-order valence-corrected chi connectivity index (χ4v) is 4.62. The second kappa shape index (κ2) is 8.17. The molecule has 0 radical (unpaired) electrons. The maximum Gasteiger partial charge on any atom is 0.188 e. The van der Waals surface area contributed by atoms with Gasteiger partial charge in [-0.3, -0.25) is 19.7 Å². The van der Waals surface area contributed by atoms with Crippen LogP contribution in [0.15, 0.2) is 90.5 Å². The summed E-state index contributed by atoms with van der Waals surface area (Å²) < 4.78 is 0. The Morgan fingerprint density at radius 1 is 0.800 bits per heavy atom. The smallest absolute Gasteiger partial charge is 0.188 e. The van der Waals surface area contributed by atoms with E-state index >= 15 is 0 Å². The number of pyridine rings is 2. The average Bonchev–Trinajstić information content (AvgIpc) is 3.14. The quantitative estimate of drug-likeness (QED) is 0.610. The Morgan fingerprint density at radius 2 is 1.37 bits per heavy atom. The van der Waals surface area contributed by atoms with E-state index in [9.17, 15) is 4.79 Å². The first-order valence-corrected chi connectivity index (χ1v) is 10.4. The topological polar surface area (TPSA) is 46.1 Å². The van der Waals surface area contributed by atoms with Gasteiger partial charge in [0.1, 0.15) is 0 Å². The molecule has 4 heteroatoms. The molecule has 2 atom stereocenters. The molecule has 2 fully saturated rings. The van der Waals surface area contributed by atoms with E-state index in [1.807, 2.05) is 54.9 Å². The molecule has 4 nitrogen and oxygen atoms in total. The van der Waals surface area contributed by atoms with Crippen molar-refractivity contribution in [2.24, 2.45) is 0 Å². The predicted octanol–water partition coefficient (Wildman–Crippen LogP) is 4.56. The Hall–Kier alpha value is -3.37. The van der Waals surface area contributed by atoms with E-state index in [-0.39, 0.29) is 17.9 Å². The zero-order chi connectivity index (χ0) is 20.3. The lowest BCUT2D eigenvalue weighted by Gasteiger charge is -2.37. The number of aromatic nitrogens is 2. The van der Waals surface area contributed by atoms with Crippen molar-refractivity contribution in [2.75, 3.05) is 0 Å². The van der Waals surface area contributed by atoms with Crippen LogP contribution >= 0.6 is 0 Å². The van der Waals surface area contributed by atoms with E-state index in [4.69, 9.17) is 0 Å². The van der Waals surface area contributed by atoms with Crippen LogP contribution in [0.25, 0.3) is 12.2 Å². The number of hydrogen-bond acceptors (Lipinski definition) is 4. The van der Waals surface area contributed by atoms with Crippen molar-refractivity contribution in [3.05, 3.63) is 107 Å². The van der Waals surface area contributed by atoms with Crippen molar-refractivity contribution in [3.63, 3.8) is 0 Å². The van der Waals surface area contributed by atoms with E-state index in [1.54, 1.807) is 12.4 Å². The van der Waals surface area contributed by atoms with Crippen molar-refractivity contribution >= 4 is 17.9 Å².